The lowest BCUT2D eigenvalue weighted by atomic mass is 9.95. The van der Waals surface area contributed by atoms with E-state index in [1.807, 2.05) is 17.5 Å². The van der Waals surface area contributed by atoms with Crippen LogP contribution in [-0.2, 0) is 11.3 Å². The molecule has 1 unspecified atom stereocenters. The van der Waals surface area contributed by atoms with E-state index in [1.54, 1.807) is 30.3 Å². The minimum atomic E-state index is -0.888. The smallest absolute Gasteiger partial charge is 0.290 e. The summed E-state index contributed by atoms with van der Waals surface area (Å²) in [5.41, 5.74) is 0.871. The molecule has 4 aromatic rings. The van der Waals surface area contributed by atoms with E-state index in [1.165, 1.54) is 34.4 Å². The number of aromatic hydroxyl groups is 1. The summed E-state index contributed by atoms with van der Waals surface area (Å²) in [7, 11) is 0. The van der Waals surface area contributed by atoms with Crippen LogP contribution in [0.2, 0.25) is 5.02 Å². The third kappa shape index (κ3) is 3.45. The molecule has 1 aliphatic heterocycles. The Kier molecular flexibility index (Phi) is 5.00. The number of thiophene rings is 1. The Morgan fingerprint density at radius 3 is 2.69 bits per heavy atom. The number of benzene rings is 2. The molecule has 1 amide bonds. The number of hydrogen-bond acceptors (Lipinski definition) is 6. The van der Waals surface area contributed by atoms with Gasteiger partial charge in [0.05, 0.1) is 18.2 Å². The second kappa shape index (κ2) is 7.85. The standard InChI is InChI=1S/C24H16ClNO5S/c25-15-6-7-18-14(9-15)11-19(31-18)22(28)20-21(13-3-1-4-16(27)10-13)26(24(30)23(20)29)12-17-5-2-8-32-17/h1-11,21,27,29H,12H2. The van der Waals surface area contributed by atoms with Crippen LogP contribution in [-0.4, -0.2) is 26.8 Å². The van der Waals surface area contributed by atoms with Crippen molar-refractivity contribution in [2.75, 3.05) is 0 Å². The van der Waals surface area contributed by atoms with Gasteiger partial charge in [0.1, 0.15) is 11.3 Å². The van der Waals surface area contributed by atoms with Crippen LogP contribution >= 0.6 is 22.9 Å². The Labute approximate surface area is 191 Å². The van der Waals surface area contributed by atoms with Crippen molar-refractivity contribution in [3.8, 4) is 5.75 Å². The van der Waals surface area contributed by atoms with Gasteiger partial charge < -0.3 is 19.5 Å². The molecule has 0 fully saturated rings. The summed E-state index contributed by atoms with van der Waals surface area (Å²) in [6.45, 7) is 0.202. The van der Waals surface area contributed by atoms with Crippen LogP contribution in [0.1, 0.15) is 27.0 Å². The number of carbonyl (C=O) groups is 2. The fourth-order valence-corrected chi connectivity index (χ4v) is 4.80. The van der Waals surface area contributed by atoms with Crippen LogP contribution in [0.4, 0.5) is 0 Å². The zero-order chi connectivity index (χ0) is 22.4. The maximum Gasteiger partial charge on any atom is 0.290 e. The zero-order valence-electron chi connectivity index (χ0n) is 16.5. The van der Waals surface area contributed by atoms with Crippen molar-refractivity contribution in [2.45, 2.75) is 12.6 Å². The summed E-state index contributed by atoms with van der Waals surface area (Å²) in [5, 5.41) is 23.8. The van der Waals surface area contributed by atoms with Gasteiger partial charge in [-0.05, 0) is 53.4 Å². The molecule has 32 heavy (non-hydrogen) atoms. The highest BCUT2D eigenvalue weighted by Gasteiger charge is 2.44. The van der Waals surface area contributed by atoms with Gasteiger partial charge in [-0.2, -0.15) is 0 Å². The van der Waals surface area contributed by atoms with Crippen molar-refractivity contribution in [1.29, 1.82) is 0 Å². The normalized spacial score (nSPS) is 16.3. The molecular weight excluding hydrogens is 450 g/mol. The average Bonchev–Trinajstić information content (AvgIpc) is 3.48. The van der Waals surface area contributed by atoms with Crippen LogP contribution in [0.15, 0.2) is 81.8 Å². The summed E-state index contributed by atoms with van der Waals surface area (Å²) >= 11 is 7.50. The third-order valence-electron chi connectivity index (χ3n) is 5.34. The number of Topliss-reactive ketones (excluding diaryl/α,β-unsaturated/α-hetero) is 1. The second-order valence-corrected chi connectivity index (χ2v) is 8.86. The monoisotopic (exact) mass is 465 g/mol. The SMILES string of the molecule is O=C(C1=C(O)C(=O)N(Cc2cccs2)C1c1cccc(O)c1)c1cc2cc(Cl)ccc2o1. The number of amides is 1. The second-order valence-electron chi connectivity index (χ2n) is 7.39. The van der Waals surface area contributed by atoms with Gasteiger partial charge >= 0.3 is 0 Å². The lowest BCUT2D eigenvalue weighted by Gasteiger charge is -2.26. The molecule has 0 aliphatic carbocycles. The van der Waals surface area contributed by atoms with Gasteiger partial charge in [0.15, 0.2) is 11.5 Å². The molecule has 1 atom stereocenters. The molecule has 0 radical (unpaired) electrons. The first-order valence-electron chi connectivity index (χ1n) is 9.71. The summed E-state index contributed by atoms with van der Waals surface area (Å²) in [4.78, 5) is 28.8. The number of furan rings is 1. The van der Waals surface area contributed by atoms with E-state index in [4.69, 9.17) is 16.0 Å². The van der Waals surface area contributed by atoms with Crippen molar-refractivity contribution < 1.29 is 24.2 Å². The molecule has 1 aliphatic rings. The quantitative estimate of drug-likeness (QED) is 0.372. The maximum atomic E-state index is 13.5. The van der Waals surface area contributed by atoms with E-state index in [0.29, 0.717) is 21.6 Å². The highest BCUT2D eigenvalue weighted by Crippen LogP contribution is 2.41. The van der Waals surface area contributed by atoms with E-state index in [2.05, 4.69) is 0 Å². The van der Waals surface area contributed by atoms with Crippen molar-refractivity contribution in [3.63, 3.8) is 0 Å². The Balaban J connectivity index is 1.61. The first-order valence-corrected chi connectivity index (χ1v) is 11.0. The fraction of sp³-hybridized carbons (Fsp3) is 0.0833. The van der Waals surface area contributed by atoms with Gasteiger partial charge in [-0.15, -0.1) is 11.3 Å². The summed E-state index contributed by atoms with van der Waals surface area (Å²) in [6.07, 6.45) is 0. The Morgan fingerprint density at radius 1 is 1.09 bits per heavy atom. The van der Waals surface area contributed by atoms with Crippen molar-refractivity contribution in [3.05, 3.63) is 98.6 Å². The first-order chi connectivity index (χ1) is 15.4. The molecule has 0 saturated heterocycles. The van der Waals surface area contributed by atoms with Gasteiger partial charge in [-0.25, -0.2) is 0 Å². The Bertz CT molecular complexity index is 1390. The number of aliphatic hydroxyl groups excluding tert-OH is 1. The Hall–Kier alpha value is -3.55. The van der Waals surface area contributed by atoms with Crippen molar-refractivity contribution in [2.24, 2.45) is 0 Å². The van der Waals surface area contributed by atoms with Gasteiger partial charge in [0.2, 0.25) is 5.78 Å². The number of fused-ring (bicyclic) bond motifs is 1. The molecular formula is C24H16ClNO5S. The van der Waals surface area contributed by atoms with Crippen LogP contribution in [0, 0.1) is 0 Å². The van der Waals surface area contributed by atoms with Gasteiger partial charge in [0, 0.05) is 15.3 Å². The van der Waals surface area contributed by atoms with E-state index >= 15 is 0 Å². The molecule has 0 saturated carbocycles. The fourth-order valence-electron chi connectivity index (χ4n) is 3.92. The van der Waals surface area contributed by atoms with Crippen LogP contribution in [0.25, 0.3) is 11.0 Å². The lowest BCUT2D eigenvalue weighted by molar-refractivity contribution is -0.130. The molecule has 3 heterocycles. The number of aliphatic hydroxyl groups is 1. The number of phenolic OH excluding ortho intramolecular Hbond substituents is 1. The number of phenols is 1. The minimum absolute atomic E-state index is 0.0115. The van der Waals surface area contributed by atoms with Gasteiger partial charge in [-0.1, -0.05) is 29.8 Å². The molecule has 0 spiro atoms. The van der Waals surface area contributed by atoms with Gasteiger partial charge in [-0.3, -0.25) is 9.59 Å². The number of nitrogens with zero attached hydrogens (tertiary/aromatic N) is 1. The summed E-state index contributed by atoms with van der Waals surface area (Å²) in [5.74, 6) is -1.92. The molecule has 2 aromatic carbocycles. The maximum absolute atomic E-state index is 13.5. The third-order valence-corrected chi connectivity index (χ3v) is 6.44. The van der Waals surface area contributed by atoms with E-state index in [-0.39, 0.29) is 23.6 Å². The van der Waals surface area contributed by atoms with Crippen LogP contribution in [0.5, 0.6) is 5.75 Å². The van der Waals surface area contributed by atoms with Crippen molar-refractivity contribution in [1.82, 2.24) is 4.90 Å². The lowest BCUT2D eigenvalue weighted by Crippen LogP contribution is -2.30. The topological polar surface area (TPSA) is 91.0 Å². The number of ketones is 1. The number of carbonyl (C=O) groups excluding carboxylic acids is 2. The first kappa shape index (κ1) is 20.4. The molecule has 6 nitrogen and oxygen atoms in total. The molecule has 2 aromatic heterocycles. The molecule has 160 valence electrons. The van der Waals surface area contributed by atoms with Crippen LogP contribution in [0.3, 0.4) is 0 Å². The van der Waals surface area contributed by atoms with Crippen LogP contribution < -0.4 is 0 Å². The van der Waals surface area contributed by atoms with E-state index < -0.39 is 23.5 Å². The summed E-state index contributed by atoms with van der Waals surface area (Å²) in [6, 6.07) is 15.6. The number of rotatable bonds is 5. The number of hydrogen-bond donors (Lipinski definition) is 2. The largest absolute Gasteiger partial charge is 0.508 e. The van der Waals surface area contributed by atoms with E-state index in [0.717, 1.165) is 4.88 Å². The molecule has 8 heteroatoms. The molecule has 0 bridgehead atoms. The summed E-state index contributed by atoms with van der Waals surface area (Å²) < 4.78 is 5.70. The minimum Gasteiger partial charge on any atom is -0.508 e. The highest BCUT2D eigenvalue weighted by molar-refractivity contribution is 7.09. The predicted molar refractivity (Wildman–Crippen MR) is 121 cm³/mol. The predicted octanol–water partition coefficient (Wildman–Crippen LogP) is 5.63. The zero-order valence-corrected chi connectivity index (χ0v) is 18.1. The van der Waals surface area contributed by atoms with E-state index in [9.17, 15) is 19.8 Å². The molecule has 2 N–H and O–H groups in total. The Morgan fingerprint density at radius 2 is 1.94 bits per heavy atom. The van der Waals surface area contributed by atoms with Gasteiger partial charge in [0.25, 0.3) is 5.91 Å². The number of halogens is 1. The average molecular weight is 466 g/mol. The highest BCUT2D eigenvalue weighted by atomic mass is 35.5. The molecule has 5 rings (SSSR count). The van der Waals surface area contributed by atoms with Crippen molar-refractivity contribution >= 4 is 45.6 Å².